The molecule has 0 bridgehead atoms. The van der Waals surface area contributed by atoms with E-state index in [0.717, 1.165) is 34.5 Å². The number of benzene rings is 1. The topological polar surface area (TPSA) is 62.7 Å². The fourth-order valence-corrected chi connectivity index (χ4v) is 3.53. The van der Waals surface area contributed by atoms with Gasteiger partial charge in [0.15, 0.2) is 10.9 Å². The molecule has 1 saturated heterocycles. The second-order valence-corrected chi connectivity index (χ2v) is 6.53. The SMILES string of the molecule is c1ccc(-c2cnc(Nc3cnc([C@@H]4CCCN4)cn3)s2)cc1. The summed E-state index contributed by atoms with van der Waals surface area (Å²) in [4.78, 5) is 14.5. The molecule has 2 N–H and O–H groups in total. The zero-order valence-corrected chi connectivity index (χ0v) is 13.4. The molecule has 0 radical (unpaired) electrons. The third kappa shape index (κ3) is 3.23. The highest BCUT2D eigenvalue weighted by molar-refractivity contribution is 7.18. The molecule has 1 fully saturated rings. The first-order valence-electron chi connectivity index (χ1n) is 7.72. The molecule has 0 unspecified atom stereocenters. The largest absolute Gasteiger partial charge is 0.315 e. The molecule has 6 heteroatoms. The molecule has 2 aromatic heterocycles. The number of hydrogen-bond donors (Lipinski definition) is 2. The van der Waals surface area contributed by atoms with E-state index in [2.05, 4.69) is 37.7 Å². The van der Waals surface area contributed by atoms with Gasteiger partial charge in [0.1, 0.15) is 0 Å². The van der Waals surface area contributed by atoms with Crippen LogP contribution in [0.25, 0.3) is 10.4 Å². The summed E-state index contributed by atoms with van der Waals surface area (Å²) in [5, 5.41) is 7.48. The predicted octanol–water partition coefficient (Wildman–Crippen LogP) is 3.77. The minimum atomic E-state index is 0.348. The van der Waals surface area contributed by atoms with Crippen molar-refractivity contribution in [3.05, 3.63) is 54.6 Å². The molecule has 5 nitrogen and oxygen atoms in total. The van der Waals surface area contributed by atoms with Crippen LogP contribution in [0.1, 0.15) is 24.6 Å². The van der Waals surface area contributed by atoms with Crippen molar-refractivity contribution in [2.75, 3.05) is 11.9 Å². The summed E-state index contributed by atoms with van der Waals surface area (Å²) in [7, 11) is 0. The number of aromatic nitrogens is 3. The van der Waals surface area contributed by atoms with Crippen LogP contribution in [0.3, 0.4) is 0 Å². The van der Waals surface area contributed by atoms with Crippen molar-refractivity contribution in [2.24, 2.45) is 0 Å². The Bertz CT molecular complexity index is 763. The Morgan fingerprint density at radius 3 is 2.70 bits per heavy atom. The maximum atomic E-state index is 4.51. The van der Waals surface area contributed by atoms with E-state index < -0.39 is 0 Å². The molecule has 1 aromatic carbocycles. The molecule has 1 atom stereocenters. The normalized spacial score (nSPS) is 17.3. The summed E-state index contributed by atoms with van der Waals surface area (Å²) in [6.45, 7) is 1.06. The van der Waals surface area contributed by atoms with Gasteiger partial charge < -0.3 is 10.6 Å². The van der Waals surface area contributed by atoms with Crippen molar-refractivity contribution in [1.29, 1.82) is 0 Å². The quantitative estimate of drug-likeness (QED) is 0.765. The van der Waals surface area contributed by atoms with Gasteiger partial charge in [0, 0.05) is 6.20 Å². The van der Waals surface area contributed by atoms with Crippen LogP contribution in [0.4, 0.5) is 10.9 Å². The smallest absolute Gasteiger partial charge is 0.188 e. The monoisotopic (exact) mass is 323 g/mol. The van der Waals surface area contributed by atoms with E-state index in [4.69, 9.17) is 0 Å². The second-order valence-electron chi connectivity index (χ2n) is 5.50. The summed E-state index contributed by atoms with van der Waals surface area (Å²) < 4.78 is 0. The number of rotatable bonds is 4. The number of nitrogens with one attached hydrogen (secondary N) is 2. The van der Waals surface area contributed by atoms with Crippen molar-refractivity contribution < 1.29 is 0 Å². The molecule has 3 heterocycles. The van der Waals surface area contributed by atoms with Crippen LogP contribution in [0, 0.1) is 0 Å². The van der Waals surface area contributed by atoms with E-state index in [-0.39, 0.29) is 0 Å². The number of hydrogen-bond acceptors (Lipinski definition) is 6. The molecule has 23 heavy (non-hydrogen) atoms. The summed E-state index contributed by atoms with van der Waals surface area (Å²) in [6, 6.07) is 10.6. The Morgan fingerprint density at radius 2 is 1.96 bits per heavy atom. The van der Waals surface area contributed by atoms with Gasteiger partial charge in [-0.25, -0.2) is 9.97 Å². The highest BCUT2D eigenvalue weighted by atomic mass is 32.1. The molecule has 0 amide bonds. The zero-order chi connectivity index (χ0) is 15.5. The predicted molar refractivity (Wildman–Crippen MR) is 92.8 cm³/mol. The van der Waals surface area contributed by atoms with Gasteiger partial charge in [-0.3, -0.25) is 4.98 Å². The first-order valence-corrected chi connectivity index (χ1v) is 8.54. The fraction of sp³-hybridized carbons (Fsp3) is 0.235. The minimum Gasteiger partial charge on any atom is -0.315 e. The summed E-state index contributed by atoms with van der Waals surface area (Å²) in [5.74, 6) is 0.723. The summed E-state index contributed by atoms with van der Waals surface area (Å²) >= 11 is 1.61. The molecule has 3 aromatic rings. The maximum absolute atomic E-state index is 4.51. The molecular formula is C17H17N5S. The van der Waals surface area contributed by atoms with E-state index in [1.54, 1.807) is 17.5 Å². The van der Waals surface area contributed by atoms with Crippen LogP contribution >= 0.6 is 11.3 Å². The van der Waals surface area contributed by atoms with E-state index in [9.17, 15) is 0 Å². The molecule has 116 valence electrons. The second kappa shape index (κ2) is 6.44. The van der Waals surface area contributed by atoms with Crippen LogP contribution in [0.2, 0.25) is 0 Å². The van der Waals surface area contributed by atoms with E-state index in [1.165, 1.54) is 12.0 Å². The third-order valence-corrected chi connectivity index (χ3v) is 4.85. The lowest BCUT2D eigenvalue weighted by Crippen LogP contribution is -2.14. The molecule has 1 aliphatic heterocycles. The van der Waals surface area contributed by atoms with Crippen LogP contribution < -0.4 is 10.6 Å². The molecule has 4 rings (SSSR count). The Morgan fingerprint density at radius 1 is 1.04 bits per heavy atom. The first kappa shape index (κ1) is 14.3. The maximum Gasteiger partial charge on any atom is 0.188 e. The summed E-state index contributed by atoms with van der Waals surface area (Å²) in [6.07, 6.45) is 7.84. The van der Waals surface area contributed by atoms with Gasteiger partial charge in [0.05, 0.1) is 29.0 Å². The highest BCUT2D eigenvalue weighted by Gasteiger charge is 2.17. The molecule has 0 aliphatic carbocycles. The molecule has 1 aliphatic rings. The number of thiazole rings is 1. The van der Waals surface area contributed by atoms with Gasteiger partial charge in [-0.15, -0.1) is 0 Å². The molecule has 0 spiro atoms. The third-order valence-electron chi connectivity index (χ3n) is 3.89. The minimum absolute atomic E-state index is 0.348. The number of nitrogens with zero attached hydrogens (tertiary/aromatic N) is 3. The van der Waals surface area contributed by atoms with E-state index in [1.807, 2.05) is 30.6 Å². The van der Waals surface area contributed by atoms with Crippen molar-refractivity contribution in [3.8, 4) is 10.4 Å². The zero-order valence-electron chi connectivity index (χ0n) is 12.6. The van der Waals surface area contributed by atoms with Crippen molar-refractivity contribution in [1.82, 2.24) is 20.3 Å². The van der Waals surface area contributed by atoms with Gasteiger partial charge in [0.2, 0.25) is 0 Å². The Labute approximate surface area is 138 Å². The van der Waals surface area contributed by atoms with E-state index >= 15 is 0 Å². The molecular weight excluding hydrogens is 306 g/mol. The Kier molecular flexibility index (Phi) is 4.00. The van der Waals surface area contributed by atoms with E-state index in [0.29, 0.717) is 6.04 Å². The average Bonchev–Trinajstić information content (AvgIpc) is 3.28. The van der Waals surface area contributed by atoms with Crippen LogP contribution in [-0.4, -0.2) is 21.5 Å². The van der Waals surface area contributed by atoms with Crippen molar-refractivity contribution >= 4 is 22.3 Å². The lowest BCUT2D eigenvalue weighted by Gasteiger charge is -2.09. The molecule has 0 saturated carbocycles. The Hall–Kier alpha value is -2.31. The van der Waals surface area contributed by atoms with Gasteiger partial charge >= 0.3 is 0 Å². The van der Waals surface area contributed by atoms with Gasteiger partial charge in [0.25, 0.3) is 0 Å². The van der Waals surface area contributed by atoms with Gasteiger partial charge in [-0.05, 0) is 24.9 Å². The Balaban J connectivity index is 1.47. The van der Waals surface area contributed by atoms with Gasteiger partial charge in [-0.1, -0.05) is 41.7 Å². The highest BCUT2D eigenvalue weighted by Crippen LogP contribution is 2.30. The fourth-order valence-electron chi connectivity index (χ4n) is 2.70. The van der Waals surface area contributed by atoms with Crippen LogP contribution in [0.5, 0.6) is 0 Å². The average molecular weight is 323 g/mol. The van der Waals surface area contributed by atoms with Crippen LogP contribution in [0.15, 0.2) is 48.9 Å². The standard InChI is InChI=1S/C17H17N5S/c1-2-5-12(6-3-1)15-10-21-17(23-15)22-16-11-19-14(9-20-16)13-7-4-8-18-13/h1-3,5-6,9-11,13,18H,4,7-8H2,(H,20,21,22)/t13-/m0/s1. The summed E-state index contributed by atoms with van der Waals surface area (Å²) in [5.41, 5.74) is 2.18. The lowest BCUT2D eigenvalue weighted by atomic mass is 10.2. The first-order chi connectivity index (χ1) is 11.4. The van der Waals surface area contributed by atoms with Crippen molar-refractivity contribution in [2.45, 2.75) is 18.9 Å². The van der Waals surface area contributed by atoms with Gasteiger partial charge in [-0.2, -0.15) is 0 Å². The lowest BCUT2D eigenvalue weighted by molar-refractivity contribution is 0.624. The number of anilines is 2. The van der Waals surface area contributed by atoms with Crippen molar-refractivity contribution in [3.63, 3.8) is 0 Å². The van der Waals surface area contributed by atoms with Crippen LogP contribution in [-0.2, 0) is 0 Å².